The van der Waals surface area contributed by atoms with E-state index in [1.807, 2.05) is 36.4 Å². The Balaban J connectivity index is 0.00000156. The SMILES string of the molecule is Cl.Cl.Nc1ccc(CCNC(=O)c2cccnc2N2CCCC2)cc1. The van der Waals surface area contributed by atoms with E-state index in [2.05, 4.69) is 15.2 Å². The van der Waals surface area contributed by atoms with Crippen LogP contribution in [0.2, 0.25) is 0 Å². The Morgan fingerprint density at radius 1 is 1.12 bits per heavy atom. The Kier molecular flexibility index (Phi) is 8.52. The van der Waals surface area contributed by atoms with E-state index in [0.717, 1.165) is 49.4 Å². The predicted octanol–water partition coefficient (Wildman–Crippen LogP) is 3.08. The van der Waals surface area contributed by atoms with Crippen molar-refractivity contribution >= 4 is 42.2 Å². The van der Waals surface area contributed by atoms with E-state index in [1.54, 1.807) is 6.20 Å². The van der Waals surface area contributed by atoms with Gasteiger partial charge in [0, 0.05) is 31.5 Å². The molecule has 0 bridgehead atoms. The standard InChI is InChI=1S/C18H22N4O.2ClH/c19-15-7-5-14(6-8-15)9-11-21-18(23)16-4-3-10-20-17(16)22-12-1-2-13-22;;/h3-8,10H,1-2,9,11-13,19H2,(H,21,23);2*1H. The summed E-state index contributed by atoms with van der Waals surface area (Å²) in [4.78, 5) is 19.1. The van der Waals surface area contributed by atoms with Crippen LogP contribution >= 0.6 is 24.8 Å². The molecule has 0 saturated carbocycles. The van der Waals surface area contributed by atoms with Gasteiger partial charge in [-0.15, -0.1) is 24.8 Å². The molecule has 5 nitrogen and oxygen atoms in total. The molecule has 136 valence electrons. The molecule has 1 saturated heterocycles. The topological polar surface area (TPSA) is 71.2 Å². The molecule has 25 heavy (non-hydrogen) atoms. The van der Waals surface area contributed by atoms with E-state index in [-0.39, 0.29) is 30.7 Å². The Bertz CT molecular complexity index is 673. The van der Waals surface area contributed by atoms with Crippen LogP contribution in [0.15, 0.2) is 42.6 Å². The largest absolute Gasteiger partial charge is 0.399 e. The quantitative estimate of drug-likeness (QED) is 0.779. The molecule has 1 fully saturated rings. The van der Waals surface area contributed by atoms with Crippen LogP contribution in [0, 0.1) is 0 Å². The number of anilines is 2. The third-order valence-corrected chi connectivity index (χ3v) is 4.12. The fourth-order valence-electron chi connectivity index (χ4n) is 2.86. The van der Waals surface area contributed by atoms with Crippen molar-refractivity contribution in [3.05, 3.63) is 53.7 Å². The van der Waals surface area contributed by atoms with Gasteiger partial charge in [-0.1, -0.05) is 12.1 Å². The molecule has 0 atom stereocenters. The molecule has 0 spiro atoms. The normalized spacial score (nSPS) is 12.9. The van der Waals surface area contributed by atoms with Gasteiger partial charge in [0.25, 0.3) is 5.91 Å². The Morgan fingerprint density at radius 3 is 2.48 bits per heavy atom. The zero-order valence-corrected chi connectivity index (χ0v) is 15.6. The number of carbonyl (C=O) groups excluding carboxylic acids is 1. The number of pyridine rings is 1. The zero-order chi connectivity index (χ0) is 16.1. The third-order valence-electron chi connectivity index (χ3n) is 4.12. The summed E-state index contributed by atoms with van der Waals surface area (Å²) in [5, 5.41) is 2.99. The zero-order valence-electron chi connectivity index (χ0n) is 14.0. The third kappa shape index (κ3) is 5.51. The maximum absolute atomic E-state index is 12.5. The second-order valence-corrected chi connectivity index (χ2v) is 5.82. The first kappa shape index (κ1) is 21.1. The Labute approximate surface area is 160 Å². The number of nitrogens with one attached hydrogen (secondary N) is 1. The maximum atomic E-state index is 12.5. The lowest BCUT2D eigenvalue weighted by Crippen LogP contribution is -2.29. The number of hydrogen-bond acceptors (Lipinski definition) is 4. The van der Waals surface area contributed by atoms with Crippen LogP contribution in [0.1, 0.15) is 28.8 Å². The molecule has 0 unspecified atom stereocenters. The number of benzene rings is 1. The molecule has 1 aromatic carbocycles. The molecule has 2 aromatic rings. The number of nitrogen functional groups attached to an aromatic ring is 1. The Morgan fingerprint density at radius 2 is 1.80 bits per heavy atom. The highest BCUT2D eigenvalue weighted by Gasteiger charge is 2.20. The van der Waals surface area contributed by atoms with Crippen molar-refractivity contribution in [3.63, 3.8) is 0 Å². The predicted molar refractivity (Wildman–Crippen MR) is 107 cm³/mol. The average molecular weight is 383 g/mol. The molecule has 3 N–H and O–H groups in total. The minimum absolute atomic E-state index is 0. The minimum Gasteiger partial charge on any atom is -0.399 e. The fraction of sp³-hybridized carbons (Fsp3) is 0.333. The van der Waals surface area contributed by atoms with Crippen molar-refractivity contribution in [2.75, 3.05) is 30.3 Å². The highest BCUT2D eigenvalue weighted by Crippen LogP contribution is 2.21. The molecule has 3 rings (SSSR count). The van der Waals surface area contributed by atoms with Crippen molar-refractivity contribution in [2.24, 2.45) is 0 Å². The van der Waals surface area contributed by atoms with E-state index >= 15 is 0 Å². The van der Waals surface area contributed by atoms with Gasteiger partial charge in [0.05, 0.1) is 5.56 Å². The molecule has 1 aliphatic rings. The van der Waals surface area contributed by atoms with Crippen LogP contribution < -0.4 is 16.0 Å². The molecule has 0 aliphatic carbocycles. The minimum atomic E-state index is -0.0598. The van der Waals surface area contributed by atoms with E-state index in [9.17, 15) is 4.79 Å². The van der Waals surface area contributed by atoms with E-state index in [1.165, 1.54) is 0 Å². The van der Waals surface area contributed by atoms with Gasteiger partial charge in [-0.05, 0) is 49.1 Å². The molecule has 1 aliphatic heterocycles. The number of halogens is 2. The summed E-state index contributed by atoms with van der Waals surface area (Å²) in [6.07, 6.45) is 4.85. The van der Waals surface area contributed by atoms with Gasteiger partial charge in [-0.25, -0.2) is 4.98 Å². The molecular weight excluding hydrogens is 359 g/mol. The summed E-state index contributed by atoms with van der Waals surface area (Å²) in [6.45, 7) is 2.54. The second-order valence-electron chi connectivity index (χ2n) is 5.82. The van der Waals surface area contributed by atoms with E-state index in [0.29, 0.717) is 12.1 Å². The fourth-order valence-corrected chi connectivity index (χ4v) is 2.86. The lowest BCUT2D eigenvalue weighted by Gasteiger charge is -2.19. The first-order valence-corrected chi connectivity index (χ1v) is 8.06. The van der Waals surface area contributed by atoms with Crippen molar-refractivity contribution in [1.29, 1.82) is 0 Å². The van der Waals surface area contributed by atoms with Crippen LogP contribution in [0.5, 0.6) is 0 Å². The van der Waals surface area contributed by atoms with Gasteiger partial charge in [-0.2, -0.15) is 0 Å². The molecule has 1 amide bonds. The van der Waals surface area contributed by atoms with Crippen LogP contribution in [0.25, 0.3) is 0 Å². The Hall–Kier alpha value is -1.98. The summed E-state index contributed by atoms with van der Waals surface area (Å²) in [5.41, 5.74) is 8.24. The van der Waals surface area contributed by atoms with Crippen molar-refractivity contribution in [1.82, 2.24) is 10.3 Å². The van der Waals surface area contributed by atoms with Crippen LogP contribution in [-0.2, 0) is 6.42 Å². The van der Waals surface area contributed by atoms with Crippen molar-refractivity contribution in [2.45, 2.75) is 19.3 Å². The van der Waals surface area contributed by atoms with E-state index < -0.39 is 0 Å². The monoisotopic (exact) mass is 382 g/mol. The van der Waals surface area contributed by atoms with Gasteiger partial charge in [-0.3, -0.25) is 4.79 Å². The summed E-state index contributed by atoms with van der Waals surface area (Å²) in [7, 11) is 0. The smallest absolute Gasteiger partial charge is 0.255 e. The van der Waals surface area contributed by atoms with Gasteiger partial charge >= 0.3 is 0 Å². The number of nitrogens with zero attached hydrogens (tertiary/aromatic N) is 2. The van der Waals surface area contributed by atoms with Gasteiger partial charge in [0.1, 0.15) is 5.82 Å². The summed E-state index contributed by atoms with van der Waals surface area (Å²) < 4.78 is 0. The summed E-state index contributed by atoms with van der Waals surface area (Å²) >= 11 is 0. The average Bonchev–Trinajstić information content (AvgIpc) is 3.11. The lowest BCUT2D eigenvalue weighted by molar-refractivity contribution is 0.0954. The highest BCUT2D eigenvalue weighted by atomic mass is 35.5. The number of hydrogen-bond donors (Lipinski definition) is 2. The number of nitrogens with two attached hydrogens (primary N) is 1. The van der Waals surface area contributed by atoms with Gasteiger partial charge < -0.3 is 16.0 Å². The number of carbonyl (C=O) groups is 1. The molecule has 7 heteroatoms. The molecule has 2 heterocycles. The van der Waals surface area contributed by atoms with E-state index in [4.69, 9.17) is 5.73 Å². The maximum Gasteiger partial charge on any atom is 0.255 e. The lowest BCUT2D eigenvalue weighted by atomic mass is 10.1. The summed E-state index contributed by atoms with van der Waals surface area (Å²) in [6, 6.07) is 11.4. The number of rotatable bonds is 5. The molecule has 1 aromatic heterocycles. The van der Waals surface area contributed by atoms with Crippen LogP contribution in [0.4, 0.5) is 11.5 Å². The molecule has 0 radical (unpaired) electrons. The first-order valence-electron chi connectivity index (χ1n) is 8.06. The second kappa shape index (κ2) is 10.1. The van der Waals surface area contributed by atoms with Crippen LogP contribution in [0.3, 0.4) is 0 Å². The van der Waals surface area contributed by atoms with Gasteiger partial charge in [0.15, 0.2) is 0 Å². The first-order chi connectivity index (χ1) is 11.2. The number of aromatic nitrogens is 1. The number of amides is 1. The van der Waals surface area contributed by atoms with Gasteiger partial charge in [0.2, 0.25) is 0 Å². The molecular formula is C18H24Cl2N4O. The van der Waals surface area contributed by atoms with Crippen LogP contribution in [-0.4, -0.2) is 30.5 Å². The summed E-state index contributed by atoms with van der Waals surface area (Å²) in [5.74, 6) is 0.741. The van der Waals surface area contributed by atoms with Crippen molar-refractivity contribution in [3.8, 4) is 0 Å². The van der Waals surface area contributed by atoms with Crippen molar-refractivity contribution < 1.29 is 4.79 Å². The highest BCUT2D eigenvalue weighted by molar-refractivity contribution is 5.98.